The normalized spacial score (nSPS) is 21.9. The van der Waals surface area contributed by atoms with Crippen LogP contribution in [-0.4, -0.2) is 13.1 Å². The monoisotopic (exact) mass is 207 g/mol. The van der Waals surface area contributed by atoms with Gasteiger partial charge in [-0.15, -0.1) is 0 Å². The Balaban J connectivity index is 2.19. The van der Waals surface area contributed by atoms with Gasteiger partial charge >= 0.3 is 0 Å². The molecule has 0 fully saturated rings. The van der Waals surface area contributed by atoms with Crippen molar-refractivity contribution in [1.82, 2.24) is 0 Å². The highest BCUT2D eigenvalue weighted by Gasteiger charge is 2.08. The molecule has 2 heteroatoms. The van der Waals surface area contributed by atoms with Crippen molar-refractivity contribution < 1.29 is 4.90 Å². The molecule has 1 nitrogen and oxygen atoms in total. The van der Waals surface area contributed by atoms with Gasteiger partial charge in [-0.25, -0.2) is 0 Å². The smallest absolute Gasteiger partial charge is 0.0723 e. The van der Waals surface area contributed by atoms with E-state index in [0.29, 0.717) is 0 Å². The molecule has 0 saturated heterocycles. The summed E-state index contributed by atoms with van der Waals surface area (Å²) < 4.78 is 0. The predicted molar refractivity (Wildman–Crippen MR) is 60.1 cm³/mol. The van der Waals surface area contributed by atoms with E-state index in [1.807, 2.05) is 12.1 Å². The summed E-state index contributed by atoms with van der Waals surface area (Å²) in [6.45, 7) is 2.15. The Labute approximate surface area is 90.0 Å². The van der Waals surface area contributed by atoms with Gasteiger partial charge in [-0.3, -0.25) is 0 Å². The van der Waals surface area contributed by atoms with Crippen LogP contribution in [0.15, 0.2) is 30.3 Å². The van der Waals surface area contributed by atoms with Gasteiger partial charge < -0.3 is 4.90 Å². The molecule has 1 N–H and O–H groups in total. The summed E-state index contributed by atoms with van der Waals surface area (Å²) in [6.07, 6.45) is 3.38. The number of benzene rings is 1. The van der Waals surface area contributed by atoms with Crippen LogP contribution < -0.4 is 4.90 Å². The molecule has 0 spiro atoms. The van der Waals surface area contributed by atoms with E-state index in [9.17, 15) is 0 Å². The summed E-state index contributed by atoms with van der Waals surface area (Å²) >= 11 is 5.84. The van der Waals surface area contributed by atoms with Gasteiger partial charge in [-0.05, 0) is 29.3 Å². The Bertz CT molecular complexity index is 340. The second kappa shape index (κ2) is 4.16. The molecule has 14 heavy (non-hydrogen) atoms. The summed E-state index contributed by atoms with van der Waals surface area (Å²) in [4.78, 5) is 1.34. The molecule has 1 aromatic carbocycles. The van der Waals surface area contributed by atoms with Gasteiger partial charge in [-0.1, -0.05) is 23.7 Å². The van der Waals surface area contributed by atoms with Gasteiger partial charge in [0.15, 0.2) is 0 Å². The molecular formula is C12H14ClN. The first-order valence-corrected chi connectivity index (χ1v) is 5.25. The number of rotatable bonds is 1. The number of hydrogen-bond donors (Lipinski definition) is 1. The van der Waals surface area contributed by atoms with Gasteiger partial charge in [0.05, 0.1) is 13.1 Å². The second-order valence-corrected chi connectivity index (χ2v) is 4.13. The van der Waals surface area contributed by atoms with Crippen LogP contribution in [0.3, 0.4) is 0 Å². The zero-order valence-electron chi connectivity index (χ0n) is 8.09. The van der Waals surface area contributed by atoms with Crippen LogP contribution in [0.5, 0.6) is 0 Å². The molecule has 1 heterocycles. The average molecular weight is 208 g/mol. The summed E-state index contributed by atoms with van der Waals surface area (Å²) in [5.41, 5.74) is 2.72. The fraction of sp³-hybridized carbons (Fsp3) is 0.250. The molecule has 0 radical (unpaired) electrons. The molecule has 1 atom stereocenters. The molecular weight excluding hydrogens is 194 g/mol. The van der Waals surface area contributed by atoms with E-state index in [-0.39, 0.29) is 0 Å². The van der Waals surface area contributed by atoms with Crippen molar-refractivity contribution in [2.75, 3.05) is 13.1 Å². The standard InChI is InChI=1S/C12H14ClN/c1-14-8-6-11(7-9-14)10-2-4-12(13)5-3-10/h2-6,14H,1,7-9H2. The lowest BCUT2D eigenvalue weighted by Crippen LogP contribution is -3.07. The van der Waals surface area contributed by atoms with Crippen molar-refractivity contribution in [3.8, 4) is 0 Å². The van der Waals surface area contributed by atoms with Gasteiger partial charge in [0, 0.05) is 11.4 Å². The first kappa shape index (κ1) is 9.75. The van der Waals surface area contributed by atoms with Crippen LogP contribution in [0.2, 0.25) is 5.02 Å². The number of nitrogens with one attached hydrogen (secondary N) is 1. The van der Waals surface area contributed by atoms with Crippen molar-refractivity contribution >= 4 is 17.2 Å². The average Bonchev–Trinajstić information content (AvgIpc) is 2.21. The minimum atomic E-state index is 0.801. The fourth-order valence-electron chi connectivity index (χ4n) is 1.71. The molecule has 0 aromatic heterocycles. The molecule has 0 saturated carbocycles. The predicted octanol–water partition coefficient (Wildman–Crippen LogP) is 1.80. The van der Waals surface area contributed by atoms with E-state index in [1.54, 1.807) is 0 Å². The van der Waals surface area contributed by atoms with Gasteiger partial charge in [-0.2, -0.15) is 7.05 Å². The Hall–Kier alpha value is -0.790. The molecule has 1 aliphatic heterocycles. The van der Waals surface area contributed by atoms with E-state index >= 15 is 0 Å². The first-order valence-electron chi connectivity index (χ1n) is 4.87. The minimum absolute atomic E-state index is 0.801. The van der Waals surface area contributed by atoms with Crippen molar-refractivity contribution in [2.24, 2.45) is 0 Å². The largest absolute Gasteiger partial charge is 0.464 e. The van der Waals surface area contributed by atoms with E-state index < -0.39 is 0 Å². The lowest BCUT2D eigenvalue weighted by molar-refractivity contribution is -0.848. The van der Waals surface area contributed by atoms with E-state index in [1.165, 1.54) is 16.0 Å². The second-order valence-electron chi connectivity index (χ2n) is 3.69. The third kappa shape index (κ3) is 2.17. The fourth-order valence-corrected chi connectivity index (χ4v) is 1.84. The Morgan fingerprint density at radius 2 is 1.93 bits per heavy atom. The molecule has 1 aliphatic rings. The van der Waals surface area contributed by atoms with Gasteiger partial charge in [0.2, 0.25) is 0 Å². The number of halogens is 1. The maximum absolute atomic E-state index is 5.84. The number of quaternary nitrogens is 1. The molecule has 2 rings (SSSR count). The van der Waals surface area contributed by atoms with E-state index in [4.69, 9.17) is 11.6 Å². The lowest BCUT2D eigenvalue weighted by Gasteiger charge is -2.25. The zero-order chi connectivity index (χ0) is 9.97. The van der Waals surface area contributed by atoms with Crippen molar-refractivity contribution in [3.63, 3.8) is 0 Å². The van der Waals surface area contributed by atoms with Crippen LogP contribution in [0, 0.1) is 7.05 Å². The minimum Gasteiger partial charge on any atom is -0.464 e. The van der Waals surface area contributed by atoms with Crippen LogP contribution in [0.25, 0.3) is 5.57 Å². The summed E-state index contributed by atoms with van der Waals surface area (Å²) in [5, 5.41) is 0.801. The molecule has 0 aliphatic carbocycles. The topological polar surface area (TPSA) is 4.44 Å². The molecule has 0 bridgehead atoms. The zero-order valence-corrected chi connectivity index (χ0v) is 8.85. The SMILES string of the molecule is [CH2-][NH+]1CC=C(c2ccc(Cl)cc2)CC1. The summed E-state index contributed by atoms with van der Waals surface area (Å²) in [7, 11) is 3.99. The maximum atomic E-state index is 5.84. The summed E-state index contributed by atoms with van der Waals surface area (Å²) in [6, 6.07) is 8.06. The van der Waals surface area contributed by atoms with E-state index in [0.717, 1.165) is 24.5 Å². The highest BCUT2D eigenvalue weighted by Crippen LogP contribution is 2.20. The van der Waals surface area contributed by atoms with Crippen LogP contribution >= 0.6 is 11.6 Å². The van der Waals surface area contributed by atoms with Crippen molar-refractivity contribution in [2.45, 2.75) is 6.42 Å². The highest BCUT2D eigenvalue weighted by atomic mass is 35.5. The number of hydrogen-bond acceptors (Lipinski definition) is 0. The Morgan fingerprint density at radius 3 is 2.50 bits per heavy atom. The quantitative estimate of drug-likeness (QED) is 0.670. The first-order chi connectivity index (χ1) is 6.75. The Morgan fingerprint density at radius 1 is 1.21 bits per heavy atom. The molecule has 0 amide bonds. The molecule has 74 valence electrons. The van der Waals surface area contributed by atoms with Crippen molar-refractivity contribution in [3.05, 3.63) is 48.0 Å². The lowest BCUT2D eigenvalue weighted by atomic mass is 10.00. The molecule has 1 aromatic rings. The third-order valence-corrected chi connectivity index (χ3v) is 2.85. The Kier molecular flexibility index (Phi) is 2.90. The van der Waals surface area contributed by atoms with Gasteiger partial charge in [0.1, 0.15) is 0 Å². The van der Waals surface area contributed by atoms with Crippen molar-refractivity contribution in [1.29, 1.82) is 0 Å². The van der Waals surface area contributed by atoms with Gasteiger partial charge in [0.25, 0.3) is 0 Å². The highest BCUT2D eigenvalue weighted by molar-refractivity contribution is 6.30. The van der Waals surface area contributed by atoms with E-state index in [2.05, 4.69) is 25.3 Å². The molecule has 1 unspecified atom stereocenters. The third-order valence-electron chi connectivity index (χ3n) is 2.60. The van der Waals surface area contributed by atoms with Crippen LogP contribution in [0.4, 0.5) is 0 Å². The van der Waals surface area contributed by atoms with Crippen LogP contribution in [0.1, 0.15) is 12.0 Å². The maximum Gasteiger partial charge on any atom is 0.0723 e. The van der Waals surface area contributed by atoms with Crippen LogP contribution in [-0.2, 0) is 0 Å². The summed E-state index contributed by atoms with van der Waals surface area (Å²) in [5.74, 6) is 0.